The van der Waals surface area contributed by atoms with Crippen LogP contribution in [0.15, 0.2) is 84.5 Å². The first-order valence-corrected chi connectivity index (χ1v) is 13.1. The van der Waals surface area contributed by atoms with E-state index < -0.39 is 0 Å². The summed E-state index contributed by atoms with van der Waals surface area (Å²) in [4.78, 5) is 12.5. The van der Waals surface area contributed by atoms with Gasteiger partial charge in [-0.1, -0.05) is 70.0 Å². The number of aryl methyl sites for hydroxylation is 1. The summed E-state index contributed by atoms with van der Waals surface area (Å²) in [5.41, 5.74) is 10.3. The van der Waals surface area contributed by atoms with Crippen molar-refractivity contribution in [2.45, 2.75) is 59.8 Å². The SMILES string of the molecule is C=C/C=N\C(=C/N(NCCc1c[nH]c2ccccc12)/C(=C\C)C(C)CCCCC)c1cncc(C)c1. The summed E-state index contributed by atoms with van der Waals surface area (Å²) in [7, 11) is 0. The van der Waals surface area contributed by atoms with Crippen molar-refractivity contribution < 1.29 is 0 Å². The highest BCUT2D eigenvalue weighted by Gasteiger charge is 2.16. The number of nitrogens with one attached hydrogen (secondary N) is 2. The second kappa shape index (κ2) is 14.2. The second-order valence-corrected chi connectivity index (χ2v) is 9.28. The van der Waals surface area contributed by atoms with Crippen LogP contribution < -0.4 is 5.43 Å². The van der Waals surface area contributed by atoms with Crippen molar-refractivity contribution in [3.8, 4) is 0 Å². The van der Waals surface area contributed by atoms with Crippen molar-refractivity contribution in [3.63, 3.8) is 0 Å². The van der Waals surface area contributed by atoms with E-state index >= 15 is 0 Å². The molecule has 3 aromatic rings. The van der Waals surface area contributed by atoms with Crippen LogP contribution >= 0.6 is 0 Å². The minimum Gasteiger partial charge on any atom is -0.361 e. The van der Waals surface area contributed by atoms with Gasteiger partial charge >= 0.3 is 0 Å². The molecule has 190 valence electrons. The van der Waals surface area contributed by atoms with E-state index in [0.717, 1.165) is 36.2 Å². The Morgan fingerprint density at radius 2 is 2.08 bits per heavy atom. The molecule has 0 spiro atoms. The number of hydrogen-bond acceptors (Lipinski definition) is 4. The van der Waals surface area contributed by atoms with Crippen LogP contribution in [0.4, 0.5) is 0 Å². The first kappa shape index (κ1) is 27.2. The molecule has 36 heavy (non-hydrogen) atoms. The lowest BCUT2D eigenvalue weighted by Gasteiger charge is -2.29. The van der Waals surface area contributed by atoms with E-state index in [-0.39, 0.29) is 0 Å². The van der Waals surface area contributed by atoms with E-state index in [0.29, 0.717) is 5.92 Å². The first-order valence-electron chi connectivity index (χ1n) is 13.1. The average Bonchev–Trinajstić information content (AvgIpc) is 3.30. The van der Waals surface area contributed by atoms with E-state index in [4.69, 9.17) is 4.99 Å². The molecule has 2 aromatic heterocycles. The molecular weight excluding hydrogens is 442 g/mol. The van der Waals surface area contributed by atoms with Gasteiger partial charge in [-0.2, -0.15) is 0 Å². The van der Waals surface area contributed by atoms with E-state index in [1.165, 1.54) is 41.4 Å². The third-order valence-corrected chi connectivity index (χ3v) is 6.41. The maximum Gasteiger partial charge on any atom is 0.0895 e. The Morgan fingerprint density at radius 1 is 1.25 bits per heavy atom. The third-order valence-electron chi connectivity index (χ3n) is 6.41. The van der Waals surface area contributed by atoms with Gasteiger partial charge in [0.2, 0.25) is 0 Å². The molecule has 2 heterocycles. The standard InChI is InChI=1S/C31H41N5/c1-6-9-10-13-25(5)31(8-3)36(23-30(33-17-7-2)27-19-24(4)20-32-21-27)35-18-16-26-22-34-29-15-12-11-14-28(26)29/h7-8,11-12,14-15,17,19-23,25,34-35H,2,6,9-10,13,16,18H2,1,3-5H3/b30-23-,31-8-,33-17-. The van der Waals surface area contributed by atoms with E-state index in [9.17, 15) is 0 Å². The average molecular weight is 484 g/mol. The monoisotopic (exact) mass is 483 g/mol. The van der Waals surface area contributed by atoms with Gasteiger partial charge in [0.05, 0.1) is 5.70 Å². The Kier molecular flexibility index (Phi) is 10.7. The molecule has 5 heteroatoms. The lowest BCUT2D eigenvalue weighted by molar-refractivity contribution is 0.296. The molecule has 2 N–H and O–H groups in total. The molecule has 0 aliphatic carbocycles. The summed E-state index contributed by atoms with van der Waals surface area (Å²) in [5, 5.41) is 3.45. The van der Waals surface area contributed by atoms with Crippen LogP contribution in [0.5, 0.6) is 0 Å². The summed E-state index contributed by atoms with van der Waals surface area (Å²) in [6, 6.07) is 10.6. The van der Waals surface area contributed by atoms with Gasteiger partial charge in [-0.15, -0.1) is 0 Å². The zero-order chi connectivity index (χ0) is 25.8. The lowest BCUT2D eigenvalue weighted by atomic mass is 9.99. The maximum absolute atomic E-state index is 4.71. The zero-order valence-corrected chi connectivity index (χ0v) is 22.3. The largest absolute Gasteiger partial charge is 0.361 e. The molecule has 0 amide bonds. The first-order chi connectivity index (χ1) is 17.6. The summed E-state index contributed by atoms with van der Waals surface area (Å²) in [6.45, 7) is 13.3. The number of benzene rings is 1. The van der Waals surface area contributed by atoms with E-state index in [2.05, 4.69) is 103 Å². The summed E-state index contributed by atoms with van der Waals surface area (Å²) < 4.78 is 0. The van der Waals surface area contributed by atoms with Gasteiger partial charge in [-0.3, -0.25) is 15.0 Å². The Balaban J connectivity index is 1.89. The van der Waals surface area contributed by atoms with Crippen LogP contribution in [0, 0.1) is 12.8 Å². The number of H-pyrrole nitrogens is 1. The predicted molar refractivity (Wildman–Crippen MR) is 155 cm³/mol. The molecule has 0 aliphatic rings. The summed E-state index contributed by atoms with van der Waals surface area (Å²) in [5.74, 6) is 0.415. The topological polar surface area (TPSA) is 56.3 Å². The van der Waals surface area contributed by atoms with Gasteiger partial charge in [-0.25, -0.2) is 5.43 Å². The Hall–Kier alpha value is -3.44. The number of para-hydroxylation sites is 1. The van der Waals surface area contributed by atoms with Crippen LogP contribution in [0.3, 0.4) is 0 Å². The molecule has 5 nitrogen and oxygen atoms in total. The number of unbranched alkanes of at least 4 members (excludes halogenated alkanes) is 2. The third kappa shape index (κ3) is 7.53. The van der Waals surface area contributed by atoms with Crippen LogP contribution in [0.25, 0.3) is 16.6 Å². The van der Waals surface area contributed by atoms with E-state index in [1.54, 1.807) is 12.3 Å². The Labute approximate surface area is 216 Å². The van der Waals surface area contributed by atoms with Crippen LogP contribution in [-0.2, 0) is 6.42 Å². The highest BCUT2D eigenvalue weighted by atomic mass is 15.5. The molecule has 0 fully saturated rings. The number of nitrogens with zero attached hydrogens (tertiary/aromatic N) is 3. The number of rotatable bonds is 14. The predicted octanol–water partition coefficient (Wildman–Crippen LogP) is 7.60. The van der Waals surface area contributed by atoms with Gasteiger partial charge < -0.3 is 4.98 Å². The fourth-order valence-corrected chi connectivity index (χ4v) is 4.50. The molecule has 3 rings (SSSR count). The van der Waals surface area contributed by atoms with Crippen molar-refractivity contribution in [3.05, 3.63) is 96.2 Å². The number of aliphatic imine (C=N–C) groups is 1. The fraction of sp³-hybridized carbons (Fsp3) is 0.355. The molecule has 0 saturated carbocycles. The van der Waals surface area contributed by atoms with Crippen LogP contribution in [0.1, 0.15) is 63.1 Å². The van der Waals surface area contributed by atoms with Gasteiger partial charge in [0.25, 0.3) is 0 Å². The smallest absolute Gasteiger partial charge is 0.0895 e. The fourth-order valence-electron chi connectivity index (χ4n) is 4.50. The molecule has 0 aliphatic heterocycles. The molecule has 0 bridgehead atoms. The normalized spacial score (nSPS) is 13.4. The number of hydrogen-bond donors (Lipinski definition) is 2. The quantitative estimate of drug-likeness (QED) is 0.141. The molecular formula is C31H41N5. The van der Waals surface area contributed by atoms with E-state index in [1.807, 2.05) is 12.4 Å². The zero-order valence-electron chi connectivity index (χ0n) is 22.3. The van der Waals surface area contributed by atoms with Crippen molar-refractivity contribution in [1.29, 1.82) is 0 Å². The number of aromatic nitrogens is 2. The van der Waals surface area contributed by atoms with Crippen LogP contribution in [0.2, 0.25) is 0 Å². The Bertz CT molecular complexity index is 1200. The van der Waals surface area contributed by atoms with Gasteiger partial charge in [0, 0.05) is 59.7 Å². The number of fused-ring (bicyclic) bond motifs is 1. The molecule has 1 atom stereocenters. The number of pyridine rings is 1. The van der Waals surface area contributed by atoms with Crippen LogP contribution in [-0.4, -0.2) is 27.7 Å². The molecule has 0 radical (unpaired) electrons. The highest BCUT2D eigenvalue weighted by Crippen LogP contribution is 2.25. The lowest BCUT2D eigenvalue weighted by Crippen LogP contribution is -2.36. The number of aromatic amines is 1. The van der Waals surface area contributed by atoms with Gasteiger partial charge in [-0.05, 0) is 55.9 Å². The number of allylic oxidation sites excluding steroid dienone is 3. The molecule has 1 unspecified atom stereocenters. The maximum atomic E-state index is 4.71. The van der Waals surface area contributed by atoms with Crippen molar-refractivity contribution >= 4 is 22.8 Å². The number of hydrazine groups is 1. The van der Waals surface area contributed by atoms with Gasteiger partial charge in [0.1, 0.15) is 0 Å². The van der Waals surface area contributed by atoms with Crippen molar-refractivity contribution in [2.24, 2.45) is 10.9 Å². The van der Waals surface area contributed by atoms with Gasteiger partial charge in [0.15, 0.2) is 0 Å². The van der Waals surface area contributed by atoms with Crippen molar-refractivity contribution in [1.82, 2.24) is 20.4 Å². The summed E-state index contributed by atoms with van der Waals surface area (Å²) >= 11 is 0. The summed E-state index contributed by atoms with van der Waals surface area (Å²) in [6.07, 6.45) is 19.4. The minimum absolute atomic E-state index is 0.415. The molecule has 0 saturated heterocycles. The van der Waals surface area contributed by atoms with Crippen molar-refractivity contribution in [2.75, 3.05) is 6.54 Å². The minimum atomic E-state index is 0.415. The Morgan fingerprint density at radius 3 is 2.83 bits per heavy atom. The second-order valence-electron chi connectivity index (χ2n) is 9.28. The highest BCUT2D eigenvalue weighted by molar-refractivity contribution is 5.83. The molecule has 1 aromatic carbocycles.